The van der Waals surface area contributed by atoms with E-state index in [1.165, 1.54) is 30.4 Å². The van der Waals surface area contributed by atoms with Crippen LogP contribution in [-0.2, 0) is 15.9 Å². The van der Waals surface area contributed by atoms with E-state index in [9.17, 15) is 0 Å². The van der Waals surface area contributed by atoms with Crippen molar-refractivity contribution in [2.75, 3.05) is 47.0 Å². The summed E-state index contributed by atoms with van der Waals surface area (Å²) in [6.07, 6.45) is 7.26. The average molecular weight is 501 g/mol. The minimum atomic E-state index is 0. The number of likely N-dealkylation sites (tertiary alicyclic amines) is 1. The minimum Gasteiger partial charge on any atom is -0.385 e. The zero-order chi connectivity index (χ0) is 18.9. The maximum absolute atomic E-state index is 5.97. The van der Waals surface area contributed by atoms with Crippen LogP contribution in [0.3, 0.4) is 0 Å². The minimum absolute atomic E-state index is 0. The highest BCUT2D eigenvalue weighted by atomic mass is 127. The Bertz CT molecular complexity index is 603. The van der Waals surface area contributed by atoms with Crippen molar-refractivity contribution >= 4 is 29.9 Å². The van der Waals surface area contributed by atoms with Gasteiger partial charge in [0.05, 0.1) is 6.10 Å². The van der Waals surface area contributed by atoms with Gasteiger partial charge in [0.1, 0.15) is 0 Å². The third kappa shape index (κ3) is 6.59. The Morgan fingerprint density at radius 3 is 2.71 bits per heavy atom. The van der Waals surface area contributed by atoms with Gasteiger partial charge >= 0.3 is 0 Å². The van der Waals surface area contributed by atoms with Crippen LogP contribution < -0.4 is 5.32 Å². The molecule has 5 nitrogen and oxygen atoms in total. The van der Waals surface area contributed by atoms with Gasteiger partial charge in [-0.25, -0.2) is 0 Å². The molecule has 1 aromatic rings. The summed E-state index contributed by atoms with van der Waals surface area (Å²) < 4.78 is 11.1. The molecule has 0 spiro atoms. The van der Waals surface area contributed by atoms with E-state index >= 15 is 0 Å². The number of benzene rings is 1. The molecule has 1 N–H and O–H groups in total. The van der Waals surface area contributed by atoms with Crippen molar-refractivity contribution in [2.24, 2.45) is 4.99 Å². The number of ether oxygens (including phenoxy) is 2. The van der Waals surface area contributed by atoms with Gasteiger partial charge in [0, 0.05) is 52.9 Å². The van der Waals surface area contributed by atoms with E-state index in [4.69, 9.17) is 9.47 Å². The number of nitrogens with one attached hydrogen (secondary N) is 1. The summed E-state index contributed by atoms with van der Waals surface area (Å²) in [7, 11) is 3.63. The lowest BCUT2D eigenvalue weighted by Gasteiger charge is -2.35. The summed E-state index contributed by atoms with van der Waals surface area (Å²) in [6.45, 7) is 4.56. The summed E-state index contributed by atoms with van der Waals surface area (Å²) >= 11 is 0. The summed E-state index contributed by atoms with van der Waals surface area (Å²) in [6, 6.07) is 8.92. The number of hydrogen-bond acceptors (Lipinski definition) is 3. The standard InChI is InChI=1S/C22H35N3O2.HI/c1-23-22(25-13-11-20(12-14-25)27-16-6-15-26-2)24-17-19-9-5-8-18-7-3-4-10-21(18)19;/h3-4,7,10,19-20H,5-6,8-9,11-17H2,1-2H3,(H,23,24);1H. The van der Waals surface area contributed by atoms with Crippen molar-refractivity contribution in [1.82, 2.24) is 10.2 Å². The Hall–Kier alpha value is -0.860. The molecule has 6 heteroatoms. The molecule has 0 aromatic heterocycles. The highest BCUT2D eigenvalue weighted by molar-refractivity contribution is 14.0. The van der Waals surface area contributed by atoms with Crippen LogP contribution in [0, 0.1) is 0 Å². The first kappa shape index (κ1) is 23.4. The smallest absolute Gasteiger partial charge is 0.193 e. The van der Waals surface area contributed by atoms with Gasteiger partial charge in [-0.3, -0.25) is 4.99 Å². The van der Waals surface area contributed by atoms with Crippen LogP contribution in [-0.4, -0.2) is 64.0 Å². The average Bonchev–Trinajstić information content (AvgIpc) is 2.73. The molecule has 1 fully saturated rings. The van der Waals surface area contributed by atoms with Gasteiger partial charge in [-0.15, -0.1) is 24.0 Å². The molecule has 28 heavy (non-hydrogen) atoms. The summed E-state index contributed by atoms with van der Waals surface area (Å²) in [5, 5.41) is 3.64. The molecule has 0 bridgehead atoms. The van der Waals surface area contributed by atoms with Crippen LogP contribution in [0.2, 0.25) is 0 Å². The van der Waals surface area contributed by atoms with Crippen LogP contribution in [0.5, 0.6) is 0 Å². The number of nitrogens with zero attached hydrogens (tertiary/aromatic N) is 2. The van der Waals surface area contributed by atoms with E-state index in [1.54, 1.807) is 7.11 Å². The summed E-state index contributed by atoms with van der Waals surface area (Å²) in [5.74, 6) is 1.63. The van der Waals surface area contributed by atoms with Crippen molar-refractivity contribution in [3.05, 3.63) is 35.4 Å². The van der Waals surface area contributed by atoms with Gasteiger partial charge in [0.2, 0.25) is 0 Å². The quantitative estimate of drug-likeness (QED) is 0.267. The van der Waals surface area contributed by atoms with Crippen LogP contribution in [0.1, 0.15) is 49.1 Å². The molecule has 158 valence electrons. The van der Waals surface area contributed by atoms with Gasteiger partial charge in [-0.2, -0.15) is 0 Å². The second kappa shape index (κ2) is 12.6. The monoisotopic (exact) mass is 501 g/mol. The van der Waals surface area contributed by atoms with Crippen LogP contribution in [0.4, 0.5) is 0 Å². The van der Waals surface area contributed by atoms with Crippen molar-refractivity contribution in [2.45, 2.75) is 50.5 Å². The number of hydrogen-bond donors (Lipinski definition) is 1. The summed E-state index contributed by atoms with van der Waals surface area (Å²) in [5.41, 5.74) is 3.05. The van der Waals surface area contributed by atoms with E-state index in [0.29, 0.717) is 12.0 Å². The molecule has 0 saturated carbocycles. The number of aryl methyl sites for hydroxylation is 1. The highest BCUT2D eigenvalue weighted by Gasteiger charge is 2.24. The van der Waals surface area contributed by atoms with Gasteiger partial charge in [0.15, 0.2) is 5.96 Å². The molecule has 1 unspecified atom stereocenters. The Morgan fingerprint density at radius 1 is 1.18 bits per heavy atom. The van der Waals surface area contributed by atoms with E-state index in [1.807, 2.05) is 7.05 Å². The Balaban J connectivity index is 0.00000280. The second-order valence-corrected chi connectivity index (χ2v) is 7.62. The third-order valence-corrected chi connectivity index (χ3v) is 5.80. The fourth-order valence-electron chi connectivity index (χ4n) is 4.30. The Kier molecular flexibility index (Phi) is 10.6. The predicted octanol–water partition coefficient (Wildman–Crippen LogP) is 3.82. The lowest BCUT2D eigenvalue weighted by Crippen LogP contribution is -2.48. The SMILES string of the molecule is CN=C(NCC1CCCc2ccccc21)N1CCC(OCCCOC)CC1.I. The van der Waals surface area contributed by atoms with Crippen molar-refractivity contribution in [1.29, 1.82) is 0 Å². The first-order valence-electron chi connectivity index (χ1n) is 10.5. The highest BCUT2D eigenvalue weighted by Crippen LogP contribution is 2.30. The molecule has 1 atom stereocenters. The molecular formula is C22H36IN3O2. The van der Waals surface area contributed by atoms with Gasteiger partial charge < -0.3 is 19.7 Å². The van der Waals surface area contributed by atoms with E-state index in [2.05, 4.69) is 39.5 Å². The molecule has 0 radical (unpaired) electrons. The molecule has 1 saturated heterocycles. The maximum Gasteiger partial charge on any atom is 0.193 e. The van der Waals surface area contributed by atoms with Crippen molar-refractivity contribution in [3.8, 4) is 0 Å². The maximum atomic E-state index is 5.97. The molecule has 1 aliphatic carbocycles. The number of rotatable bonds is 7. The van der Waals surface area contributed by atoms with E-state index in [0.717, 1.165) is 58.1 Å². The Morgan fingerprint density at radius 2 is 1.96 bits per heavy atom. The molecule has 3 rings (SSSR count). The van der Waals surface area contributed by atoms with Crippen LogP contribution in [0.25, 0.3) is 0 Å². The van der Waals surface area contributed by atoms with Crippen LogP contribution in [0.15, 0.2) is 29.3 Å². The second-order valence-electron chi connectivity index (χ2n) is 7.62. The fourth-order valence-corrected chi connectivity index (χ4v) is 4.30. The topological polar surface area (TPSA) is 46.1 Å². The van der Waals surface area contributed by atoms with Crippen molar-refractivity contribution in [3.63, 3.8) is 0 Å². The normalized spacial score (nSPS) is 20.4. The first-order chi connectivity index (χ1) is 13.3. The first-order valence-corrected chi connectivity index (χ1v) is 10.5. The Labute approximate surface area is 187 Å². The number of halogens is 1. The van der Waals surface area contributed by atoms with E-state index in [-0.39, 0.29) is 24.0 Å². The molecule has 1 heterocycles. The predicted molar refractivity (Wildman–Crippen MR) is 126 cm³/mol. The molecule has 1 aliphatic heterocycles. The van der Waals surface area contributed by atoms with Gasteiger partial charge in [-0.05, 0) is 49.7 Å². The zero-order valence-corrected chi connectivity index (χ0v) is 19.7. The van der Waals surface area contributed by atoms with Crippen molar-refractivity contribution < 1.29 is 9.47 Å². The number of methoxy groups -OCH3 is 1. The number of fused-ring (bicyclic) bond motifs is 1. The molecule has 2 aliphatic rings. The molecule has 0 amide bonds. The third-order valence-electron chi connectivity index (χ3n) is 5.80. The summed E-state index contributed by atoms with van der Waals surface area (Å²) in [4.78, 5) is 6.92. The van der Waals surface area contributed by atoms with Crippen LogP contribution >= 0.6 is 24.0 Å². The number of guanidine groups is 1. The van der Waals surface area contributed by atoms with E-state index < -0.39 is 0 Å². The lowest BCUT2D eigenvalue weighted by atomic mass is 9.83. The van der Waals surface area contributed by atoms with Gasteiger partial charge in [-0.1, -0.05) is 24.3 Å². The largest absolute Gasteiger partial charge is 0.385 e. The zero-order valence-electron chi connectivity index (χ0n) is 17.4. The fraction of sp³-hybridized carbons (Fsp3) is 0.682. The van der Waals surface area contributed by atoms with Gasteiger partial charge in [0.25, 0.3) is 0 Å². The molecular weight excluding hydrogens is 465 g/mol. The number of aliphatic imine (C=N–C) groups is 1. The lowest BCUT2D eigenvalue weighted by molar-refractivity contribution is 0.00990. The molecule has 1 aromatic carbocycles. The number of piperidine rings is 1.